The summed E-state index contributed by atoms with van der Waals surface area (Å²) < 4.78 is 26.3. The highest BCUT2D eigenvalue weighted by molar-refractivity contribution is 6.54. The molecule has 2 atom stereocenters. The maximum absolute atomic E-state index is 14.7. The largest absolute Gasteiger partial charge is 0.525 e. The highest BCUT2D eigenvalue weighted by Crippen LogP contribution is 2.49. The van der Waals surface area contributed by atoms with Gasteiger partial charge >= 0.3 is 7.12 Å². The molecule has 1 saturated carbocycles. The lowest BCUT2D eigenvalue weighted by molar-refractivity contribution is 0.00578. The van der Waals surface area contributed by atoms with Crippen LogP contribution in [-0.2, 0) is 9.31 Å². The number of halogens is 1. The second kappa shape index (κ2) is 4.06. The summed E-state index contributed by atoms with van der Waals surface area (Å²) in [6.45, 7) is 9.75. The fraction of sp³-hybridized carbons (Fsp3) is 0.857. The summed E-state index contributed by atoms with van der Waals surface area (Å²) >= 11 is 0. The summed E-state index contributed by atoms with van der Waals surface area (Å²) in [5.74, 6) is 0.727. The zero-order chi connectivity index (χ0) is 14.0. The van der Waals surface area contributed by atoms with Crippen LogP contribution < -0.4 is 0 Å². The molecular weight excluding hydrogens is 244 g/mol. The molecule has 1 aliphatic carbocycles. The van der Waals surface area contributed by atoms with Crippen molar-refractivity contribution in [1.82, 2.24) is 4.90 Å². The van der Waals surface area contributed by atoms with Gasteiger partial charge in [-0.2, -0.15) is 0 Å². The Kier molecular flexibility index (Phi) is 2.90. The van der Waals surface area contributed by atoms with Gasteiger partial charge in [-0.25, -0.2) is 4.39 Å². The van der Waals surface area contributed by atoms with Gasteiger partial charge in [-0.3, -0.25) is 0 Å². The van der Waals surface area contributed by atoms with Crippen molar-refractivity contribution in [2.45, 2.75) is 45.3 Å². The first kappa shape index (κ1) is 13.6. The van der Waals surface area contributed by atoms with E-state index in [1.54, 1.807) is 0 Å². The minimum Gasteiger partial charge on any atom is -0.398 e. The van der Waals surface area contributed by atoms with E-state index in [-0.39, 0.29) is 5.73 Å². The maximum Gasteiger partial charge on any atom is 0.525 e. The van der Waals surface area contributed by atoms with Crippen molar-refractivity contribution in [2.75, 3.05) is 20.1 Å². The predicted octanol–water partition coefficient (Wildman–Crippen LogP) is 2.42. The number of fused-ring (bicyclic) bond motifs is 2. The Morgan fingerprint density at radius 1 is 1.16 bits per heavy atom. The van der Waals surface area contributed by atoms with Crippen LogP contribution in [0.1, 0.15) is 34.1 Å². The number of hydrogen-bond acceptors (Lipinski definition) is 3. The quantitative estimate of drug-likeness (QED) is 0.681. The zero-order valence-corrected chi connectivity index (χ0v) is 12.5. The summed E-state index contributed by atoms with van der Waals surface area (Å²) in [6.07, 6.45) is 1.12. The van der Waals surface area contributed by atoms with Gasteiger partial charge in [-0.15, -0.1) is 0 Å². The number of rotatable bonds is 1. The van der Waals surface area contributed by atoms with Gasteiger partial charge in [-0.1, -0.05) is 0 Å². The van der Waals surface area contributed by atoms with Crippen molar-refractivity contribution in [1.29, 1.82) is 0 Å². The average Bonchev–Trinajstić information content (AvgIpc) is 2.47. The van der Waals surface area contributed by atoms with E-state index >= 15 is 0 Å². The summed E-state index contributed by atoms with van der Waals surface area (Å²) in [6, 6.07) is 0. The fourth-order valence-corrected chi connectivity index (χ4v) is 3.42. The first-order valence-corrected chi connectivity index (χ1v) is 7.15. The zero-order valence-electron chi connectivity index (χ0n) is 12.5. The molecule has 2 unspecified atom stereocenters. The van der Waals surface area contributed by atoms with Crippen LogP contribution in [0.4, 0.5) is 4.39 Å². The van der Waals surface area contributed by atoms with Gasteiger partial charge in [-0.05, 0) is 58.6 Å². The van der Waals surface area contributed by atoms with Gasteiger partial charge in [0.25, 0.3) is 0 Å². The van der Waals surface area contributed by atoms with E-state index in [0.717, 1.165) is 25.1 Å². The van der Waals surface area contributed by atoms with Crippen LogP contribution in [-0.4, -0.2) is 43.4 Å². The highest BCUT2D eigenvalue weighted by Gasteiger charge is 2.55. The van der Waals surface area contributed by atoms with E-state index in [1.165, 1.54) is 0 Å². The molecule has 19 heavy (non-hydrogen) atoms. The smallest absolute Gasteiger partial charge is 0.398 e. The van der Waals surface area contributed by atoms with E-state index in [4.69, 9.17) is 9.31 Å². The van der Waals surface area contributed by atoms with Gasteiger partial charge < -0.3 is 14.2 Å². The van der Waals surface area contributed by atoms with Gasteiger partial charge in [0, 0.05) is 13.1 Å². The molecule has 0 N–H and O–H groups in total. The molecule has 5 heteroatoms. The molecule has 4 fully saturated rings. The number of hydrogen-bond donors (Lipinski definition) is 0. The second-order valence-corrected chi connectivity index (χ2v) is 7.24. The Bertz CT molecular complexity index is 405. The van der Waals surface area contributed by atoms with Crippen molar-refractivity contribution in [3.05, 3.63) is 11.3 Å². The number of piperidine rings is 2. The molecule has 3 aliphatic heterocycles. The van der Waals surface area contributed by atoms with Crippen LogP contribution in [0.3, 0.4) is 0 Å². The predicted molar refractivity (Wildman–Crippen MR) is 73.3 cm³/mol. The summed E-state index contributed by atoms with van der Waals surface area (Å²) in [7, 11) is 1.29. The van der Waals surface area contributed by atoms with Crippen molar-refractivity contribution >= 4 is 7.12 Å². The van der Waals surface area contributed by atoms with Gasteiger partial charge in [0.15, 0.2) is 0 Å². The molecule has 0 spiro atoms. The molecule has 4 aliphatic rings. The molecule has 3 nitrogen and oxygen atoms in total. The summed E-state index contributed by atoms with van der Waals surface area (Å²) in [4.78, 5) is 2.28. The topological polar surface area (TPSA) is 21.7 Å². The minimum atomic E-state index is -0.811. The minimum absolute atomic E-state index is 0.159. The van der Waals surface area contributed by atoms with Crippen molar-refractivity contribution in [3.63, 3.8) is 0 Å². The van der Waals surface area contributed by atoms with Crippen molar-refractivity contribution in [2.24, 2.45) is 11.8 Å². The van der Waals surface area contributed by atoms with Gasteiger partial charge in [0.1, 0.15) is 5.73 Å². The maximum atomic E-state index is 14.7. The monoisotopic (exact) mass is 267 g/mol. The molecule has 0 aromatic rings. The molecule has 0 radical (unpaired) electrons. The molecule has 4 rings (SSSR count). The van der Waals surface area contributed by atoms with Crippen LogP contribution in [0, 0.1) is 11.8 Å². The Morgan fingerprint density at radius 2 is 1.63 bits per heavy atom. The molecule has 106 valence electrons. The summed E-state index contributed by atoms with van der Waals surface area (Å²) in [5, 5.41) is 0. The standard InChI is InChI=1S/C14H23BFNO2/c1-13(2)14(3,4)19-15(18-13)12(16)11-9-6-10(11)8-17(5)7-9/h9-10H,6-8H2,1-5H3. The second-order valence-electron chi connectivity index (χ2n) is 7.24. The first-order chi connectivity index (χ1) is 8.71. The molecule has 2 bridgehead atoms. The molecule has 0 amide bonds. The van der Waals surface area contributed by atoms with E-state index in [0.29, 0.717) is 11.8 Å². The molecule has 0 aromatic carbocycles. The molecule has 3 saturated heterocycles. The van der Waals surface area contributed by atoms with E-state index in [2.05, 4.69) is 11.9 Å². The van der Waals surface area contributed by atoms with Gasteiger partial charge in [0.2, 0.25) is 0 Å². The van der Waals surface area contributed by atoms with Crippen LogP contribution in [0.5, 0.6) is 0 Å². The Balaban J connectivity index is 1.81. The fourth-order valence-electron chi connectivity index (χ4n) is 3.42. The normalized spacial score (nSPS) is 36.3. The van der Waals surface area contributed by atoms with Gasteiger partial charge in [0.05, 0.1) is 11.2 Å². The van der Waals surface area contributed by atoms with Crippen molar-refractivity contribution < 1.29 is 13.7 Å². The highest BCUT2D eigenvalue weighted by atomic mass is 19.1. The van der Waals surface area contributed by atoms with Crippen LogP contribution >= 0.6 is 0 Å². The van der Waals surface area contributed by atoms with Crippen molar-refractivity contribution in [3.8, 4) is 0 Å². The van der Waals surface area contributed by atoms with E-state index in [1.807, 2.05) is 27.7 Å². The van der Waals surface area contributed by atoms with Crippen LogP contribution in [0.15, 0.2) is 11.3 Å². The average molecular weight is 267 g/mol. The summed E-state index contributed by atoms with van der Waals surface area (Å²) in [5.41, 5.74) is -0.138. The molecule has 0 aromatic heterocycles. The first-order valence-electron chi connectivity index (χ1n) is 7.15. The van der Waals surface area contributed by atoms with E-state index in [9.17, 15) is 4.39 Å². The molecular formula is C14H23BFNO2. The Hall–Kier alpha value is -0.385. The third kappa shape index (κ3) is 1.98. The third-order valence-corrected chi connectivity index (χ3v) is 5.25. The van der Waals surface area contributed by atoms with Crippen LogP contribution in [0.25, 0.3) is 0 Å². The molecule has 3 heterocycles. The third-order valence-electron chi connectivity index (χ3n) is 5.25. The lowest BCUT2D eigenvalue weighted by Crippen LogP contribution is -2.50. The van der Waals surface area contributed by atoms with Crippen LogP contribution in [0.2, 0.25) is 0 Å². The SMILES string of the molecule is CN1CC2CC(C1)C2=C(F)B1OC(C)(C)C(C)(C)O1. The van der Waals surface area contributed by atoms with E-state index < -0.39 is 18.3 Å². The number of nitrogens with zero attached hydrogens (tertiary/aromatic N) is 1. The lowest BCUT2D eigenvalue weighted by Gasteiger charge is -2.48. The Labute approximate surface area is 115 Å². The Morgan fingerprint density at radius 3 is 2.11 bits per heavy atom. The lowest BCUT2D eigenvalue weighted by atomic mass is 9.62.